The van der Waals surface area contributed by atoms with Crippen LogP contribution in [0.1, 0.15) is 49.4 Å². The number of nitriles is 1. The molecule has 0 aliphatic heterocycles. The van der Waals surface area contributed by atoms with Gasteiger partial charge in [0.05, 0.1) is 11.5 Å². The van der Waals surface area contributed by atoms with Gasteiger partial charge in [0.1, 0.15) is 11.1 Å². The second-order valence-electron chi connectivity index (χ2n) is 5.18. The number of aryl methyl sites for hydroxylation is 1. The average molecular weight is 250 g/mol. The molecule has 0 aromatic carbocycles. The molecule has 1 fully saturated rings. The number of aliphatic hydroxyl groups is 1. The molecule has 1 aliphatic carbocycles. The summed E-state index contributed by atoms with van der Waals surface area (Å²) in [5.41, 5.74) is 0.304. The summed E-state index contributed by atoms with van der Waals surface area (Å²) in [5.74, 6) is 0.668. The fourth-order valence-electron chi connectivity index (χ4n) is 2.46. The van der Waals surface area contributed by atoms with E-state index in [1.165, 1.54) is 11.3 Å². The summed E-state index contributed by atoms with van der Waals surface area (Å²) < 4.78 is 0. The van der Waals surface area contributed by atoms with Gasteiger partial charge in [0.15, 0.2) is 0 Å². The maximum absolute atomic E-state index is 10.4. The first-order valence-electron chi connectivity index (χ1n) is 6.09. The van der Waals surface area contributed by atoms with Crippen LogP contribution in [0.25, 0.3) is 0 Å². The topological polar surface area (TPSA) is 56.9 Å². The minimum absolute atomic E-state index is 0.614. The summed E-state index contributed by atoms with van der Waals surface area (Å²) in [6, 6.07) is 2.36. The molecule has 4 heteroatoms. The molecule has 0 amide bonds. The summed E-state index contributed by atoms with van der Waals surface area (Å²) in [6.07, 6.45) is 2.89. The van der Waals surface area contributed by atoms with Crippen molar-refractivity contribution in [3.63, 3.8) is 0 Å². The van der Waals surface area contributed by atoms with Crippen molar-refractivity contribution < 1.29 is 5.11 Å². The molecule has 0 bridgehead atoms. The lowest BCUT2D eigenvalue weighted by atomic mass is 9.68. The van der Waals surface area contributed by atoms with Crippen molar-refractivity contribution >= 4 is 11.3 Å². The molecule has 1 heterocycles. The zero-order chi connectivity index (χ0) is 12.5. The Kier molecular flexibility index (Phi) is 3.50. The van der Waals surface area contributed by atoms with Crippen LogP contribution in [0.5, 0.6) is 0 Å². The van der Waals surface area contributed by atoms with Crippen molar-refractivity contribution in [1.82, 2.24) is 4.98 Å². The largest absolute Gasteiger partial charge is 0.384 e. The zero-order valence-electron chi connectivity index (χ0n) is 10.3. The smallest absolute Gasteiger partial charge is 0.124 e. The van der Waals surface area contributed by atoms with Gasteiger partial charge in [0.2, 0.25) is 0 Å². The molecule has 2 rings (SSSR count). The van der Waals surface area contributed by atoms with E-state index >= 15 is 0 Å². The number of aliphatic hydroxyl groups excluding tert-OH is 1. The maximum Gasteiger partial charge on any atom is 0.124 e. The molecule has 0 spiro atoms. The van der Waals surface area contributed by atoms with Crippen molar-refractivity contribution in [3.8, 4) is 6.07 Å². The molecule has 1 atom stereocenters. The van der Waals surface area contributed by atoms with Gasteiger partial charge in [0.25, 0.3) is 0 Å². The van der Waals surface area contributed by atoms with E-state index < -0.39 is 11.5 Å². The molecular formula is C13H18N2OS. The highest BCUT2D eigenvalue weighted by Gasteiger charge is 2.42. The molecule has 1 aromatic heterocycles. The van der Waals surface area contributed by atoms with Gasteiger partial charge in [-0.05, 0) is 38.5 Å². The van der Waals surface area contributed by atoms with E-state index in [4.69, 9.17) is 0 Å². The van der Waals surface area contributed by atoms with Gasteiger partial charge in [-0.25, -0.2) is 4.98 Å². The van der Waals surface area contributed by atoms with Gasteiger partial charge in [-0.15, -0.1) is 11.3 Å². The lowest BCUT2D eigenvalue weighted by molar-refractivity contribution is 0.0264. The van der Waals surface area contributed by atoms with Gasteiger partial charge in [0, 0.05) is 11.1 Å². The van der Waals surface area contributed by atoms with Crippen molar-refractivity contribution in [3.05, 3.63) is 16.1 Å². The molecule has 1 unspecified atom stereocenters. The number of hydrogen-bond acceptors (Lipinski definition) is 4. The van der Waals surface area contributed by atoms with Crippen LogP contribution in [0.2, 0.25) is 0 Å². The molecule has 1 aromatic rings. The molecular weight excluding hydrogens is 232 g/mol. The number of hydrogen-bond donors (Lipinski definition) is 1. The van der Waals surface area contributed by atoms with Crippen LogP contribution in [0.15, 0.2) is 5.38 Å². The lowest BCUT2D eigenvalue weighted by Gasteiger charge is -2.36. The first-order valence-corrected chi connectivity index (χ1v) is 6.97. The fraction of sp³-hybridized carbons (Fsp3) is 0.692. The summed E-state index contributed by atoms with van der Waals surface area (Å²) in [4.78, 5) is 4.32. The van der Waals surface area contributed by atoms with E-state index in [0.29, 0.717) is 10.9 Å². The third-order valence-electron chi connectivity index (χ3n) is 3.78. The normalized spacial score (nSPS) is 30.8. The van der Waals surface area contributed by atoms with Crippen molar-refractivity contribution in [2.45, 2.75) is 45.6 Å². The van der Waals surface area contributed by atoms with Gasteiger partial charge < -0.3 is 5.11 Å². The van der Waals surface area contributed by atoms with E-state index in [9.17, 15) is 10.4 Å². The average Bonchev–Trinajstić information content (AvgIpc) is 2.76. The molecule has 3 nitrogen and oxygen atoms in total. The monoisotopic (exact) mass is 250 g/mol. The standard InChI is InChI=1S/C13H18N2OS/c1-9-3-5-13(8-14,6-4-9)11(16)12-15-10(2)7-17-12/h7,9,11,16H,3-6H2,1-2H3. The van der Waals surface area contributed by atoms with Gasteiger partial charge in [-0.2, -0.15) is 5.26 Å². The van der Waals surface area contributed by atoms with Crippen molar-refractivity contribution in [2.24, 2.45) is 11.3 Å². The molecule has 1 aliphatic rings. The van der Waals surface area contributed by atoms with Gasteiger partial charge in [-0.3, -0.25) is 0 Å². The molecule has 0 radical (unpaired) electrons. The highest BCUT2D eigenvalue weighted by Crippen LogP contribution is 2.47. The van der Waals surface area contributed by atoms with E-state index in [2.05, 4.69) is 18.0 Å². The Morgan fingerprint density at radius 2 is 2.24 bits per heavy atom. The Morgan fingerprint density at radius 3 is 2.71 bits per heavy atom. The first-order chi connectivity index (χ1) is 8.07. The van der Waals surface area contributed by atoms with Crippen LogP contribution in [0.4, 0.5) is 0 Å². The Hall–Kier alpha value is -0.920. The Morgan fingerprint density at radius 1 is 1.59 bits per heavy atom. The third kappa shape index (κ3) is 2.36. The Labute approximate surface area is 106 Å². The minimum Gasteiger partial charge on any atom is -0.384 e. The quantitative estimate of drug-likeness (QED) is 0.876. The number of thiazole rings is 1. The van der Waals surface area contributed by atoms with Crippen LogP contribution >= 0.6 is 11.3 Å². The summed E-state index contributed by atoms with van der Waals surface area (Å²) in [5, 5.41) is 22.5. The van der Waals surface area contributed by atoms with Gasteiger partial charge in [-0.1, -0.05) is 6.92 Å². The van der Waals surface area contributed by atoms with Crippen LogP contribution < -0.4 is 0 Å². The number of rotatable bonds is 2. The fourth-order valence-corrected chi connectivity index (χ4v) is 3.35. The van der Waals surface area contributed by atoms with E-state index in [1.54, 1.807) is 0 Å². The predicted molar refractivity (Wildman–Crippen MR) is 67.5 cm³/mol. The van der Waals surface area contributed by atoms with Crippen LogP contribution in [-0.4, -0.2) is 10.1 Å². The molecule has 1 N–H and O–H groups in total. The summed E-state index contributed by atoms with van der Waals surface area (Å²) >= 11 is 1.45. The van der Waals surface area contributed by atoms with Crippen LogP contribution in [0.3, 0.4) is 0 Å². The summed E-state index contributed by atoms with van der Waals surface area (Å²) in [7, 11) is 0. The SMILES string of the molecule is Cc1csc(C(O)C2(C#N)CCC(C)CC2)n1. The van der Waals surface area contributed by atoms with Crippen molar-refractivity contribution in [1.29, 1.82) is 5.26 Å². The first kappa shape index (κ1) is 12.5. The Bertz CT molecular complexity index is 427. The summed E-state index contributed by atoms with van der Waals surface area (Å²) in [6.45, 7) is 4.12. The Balaban J connectivity index is 2.21. The minimum atomic E-state index is -0.723. The van der Waals surface area contributed by atoms with E-state index in [0.717, 1.165) is 31.4 Å². The molecule has 1 saturated carbocycles. The molecule has 92 valence electrons. The predicted octanol–water partition coefficient (Wildman–Crippen LogP) is 3.21. The number of nitrogens with zero attached hydrogens (tertiary/aromatic N) is 2. The lowest BCUT2D eigenvalue weighted by Crippen LogP contribution is -2.32. The highest BCUT2D eigenvalue weighted by molar-refractivity contribution is 7.09. The van der Waals surface area contributed by atoms with E-state index in [1.807, 2.05) is 12.3 Å². The second-order valence-corrected chi connectivity index (χ2v) is 6.07. The van der Waals surface area contributed by atoms with Gasteiger partial charge >= 0.3 is 0 Å². The maximum atomic E-state index is 10.4. The van der Waals surface area contributed by atoms with Crippen molar-refractivity contribution in [2.75, 3.05) is 0 Å². The number of aromatic nitrogens is 1. The van der Waals surface area contributed by atoms with Crippen LogP contribution in [0, 0.1) is 29.6 Å². The molecule has 0 saturated heterocycles. The molecule has 17 heavy (non-hydrogen) atoms. The van der Waals surface area contributed by atoms with Crippen LogP contribution in [-0.2, 0) is 0 Å². The highest BCUT2D eigenvalue weighted by atomic mass is 32.1. The zero-order valence-corrected chi connectivity index (χ0v) is 11.1. The van der Waals surface area contributed by atoms with E-state index in [-0.39, 0.29) is 0 Å². The second kappa shape index (κ2) is 4.75. The third-order valence-corrected chi connectivity index (χ3v) is 4.80.